The van der Waals surface area contributed by atoms with E-state index in [1.165, 1.54) is 18.4 Å². The number of nitrogens with zero attached hydrogens (tertiary/aromatic N) is 3. The largest absolute Gasteiger partial charge is 0.366 e. The van der Waals surface area contributed by atoms with Crippen molar-refractivity contribution < 1.29 is 13.2 Å². The maximum Gasteiger partial charge on any atom is 0.223 e. The van der Waals surface area contributed by atoms with Gasteiger partial charge in [0.1, 0.15) is 5.82 Å². The molecule has 0 unspecified atom stereocenters. The normalized spacial score (nSPS) is 20.2. The predicted octanol–water partition coefficient (Wildman–Crippen LogP) is 1.61. The van der Waals surface area contributed by atoms with Gasteiger partial charge in [-0.05, 0) is 37.8 Å². The molecule has 1 aliphatic rings. The third kappa shape index (κ3) is 5.17. The number of amides is 1. The third-order valence-electron chi connectivity index (χ3n) is 5.11. The van der Waals surface area contributed by atoms with Crippen LogP contribution in [0.15, 0.2) is 30.5 Å². The van der Waals surface area contributed by atoms with Crippen LogP contribution in [0.1, 0.15) is 25.7 Å². The van der Waals surface area contributed by atoms with Crippen LogP contribution >= 0.6 is 0 Å². The Morgan fingerprint density at radius 2 is 1.82 bits per heavy atom. The average molecular weight is 406 g/mol. The van der Waals surface area contributed by atoms with Crippen LogP contribution in [-0.4, -0.2) is 61.0 Å². The van der Waals surface area contributed by atoms with Gasteiger partial charge in [-0.1, -0.05) is 12.1 Å². The molecule has 3 rings (SSSR count). The lowest BCUT2D eigenvalue weighted by atomic mass is 9.85. The Kier molecular flexibility index (Phi) is 6.46. The van der Waals surface area contributed by atoms with Gasteiger partial charge in [0, 0.05) is 32.6 Å². The quantitative estimate of drug-likeness (QED) is 0.725. The van der Waals surface area contributed by atoms with Crippen molar-refractivity contribution in [2.24, 2.45) is 5.92 Å². The predicted molar refractivity (Wildman–Crippen MR) is 109 cm³/mol. The van der Waals surface area contributed by atoms with Gasteiger partial charge in [0.2, 0.25) is 15.9 Å². The van der Waals surface area contributed by atoms with E-state index in [1.807, 2.05) is 24.3 Å². The fraction of sp³-hybridized carbons (Fsp3) is 0.526. The Labute approximate surface area is 165 Å². The second-order valence-electron chi connectivity index (χ2n) is 7.33. The van der Waals surface area contributed by atoms with Crippen LogP contribution in [0.2, 0.25) is 0 Å². The first kappa shape index (κ1) is 20.5. The van der Waals surface area contributed by atoms with E-state index in [1.54, 1.807) is 6.20 Å². The second kappa shape index (κ2) is 8.83. The zero-order valence-corrected chi connectivity index (χ0v) is 17.1. The van der Waals surface area contributed by atoms with Crippen LogP contribution in [0.5, 0.6) is 0 Å². The number of aromatic nitrogens is 2. The fourth-order valence-corrected chi connectivity index (χ4v) is 4.09. The zero-order valence-electron chi connectivity index (χ0n) is 16.3. The lowest BCUT2D eigenvalue weighted by Gasteiger charge is -2.28. The molecule has 2 N–H and O–H groups in total. The molecule has 1 saturated carbocycles. The first-order chi connectivity index (χ1) is 13.3. The Morgan fingerprint density at radius 1 is 1.14 bits per heavy atom. The standard InChI is InChI=1S/C19H27N5O3S/c1-24(2)28(26,27)12-11-20-19(25)14-7-9-15(10-8-14)22-18-13-21-16-5-3-4-6-17(16)23-18/h3-6,13-15H,7-12H2,1-2H3,(H,20,25)(H,22,23). The number of carbonyl (C=O) groups excluding carboxylic acids is 1. The monoisotopic (exact) mass is 405 g/mol. The number of benzene rings is 1. The summed E-state index contributed by atoms with van der Waals surface area (Å²) in [6.45, 7) is 0.143. The summed E-state index contributed by atoms with van der Waals surface area (Å²) in [6.07, 6.45) is 5.01. The van der Waals surface area contributed by atoms with Crippen LogP contribution in [0.25, 0.3) is 11.0 Å². The van der Waals surface area contributed by atoms with Crippen LogP contribution in [-0.2, 0) is 14.8 Å². The fourth-order valence-electron chi connectivity index (χ4n) is 3.37. The van der Waals surface area contributed by atoms with E-state index in [0.717, 1.165) is 42.5 Å². The lowest BCUT2D eigenvalue weighted by Crippen LogP contribution is -2.39. The summed E-state index contributed by atoms with van der Waals surface area (Å²) < 4.78 is 24.7. The minimum Gasteiger partial charge on any atom is -0.366 e. The average Bonchev–Trinajstić information content (AvgIpc) is 2.68. The summed E-state index contributed by atoms with van der Waals surface area (Å²) in [6, 6.07) is 8.00. The van der Waals surface area contributed by atoms with Crippen LogP contribution in [0.4, 0.5) is 5.82 Å². The highest BCUT2D eigenvalue weighted by atomic mass is 32.2. The lowest BCUT2D eigenvalue weighted by molar-refractivity contribution is -0.125. The molecule has 0 aliphatic heterocycles. The van der Waals surface area contributed by atoms with Crippen LogP contribution < -0.4 is 10.6 Å². The van der Waals surface area contributed by atoms with Gasteiger partial charge in [-0.25, -0.2) is 17.7 Å². The minimum absolute atomic E-state index is 0.0575. The molecular weight excluding hydrogens is 378 g/mol. The Balaban J connectivity index is 1.45. The Bertz CT molecular complexity index is 924. The van der Waals surface area contributed by atoms with Gasteiger partial charge in [-0.3, -0.25) is 9.78 Å². The number of hydrogen-bond donors (Lipinski definition) is 2. The van der Waals surface area contributed by atoms with Gasteiger partial charge in [-0.2, -0.15) is 0 Å². The molecule has 9 heteroatoms. The topological polar surface area (TPSA) is 104 Å². The maximum atomic E-state index is 12.3. The second-order valence-corrected chi connectivity index (χ2v) is 9.63. The summed E-state index contributed by atoms with van der Waals surface area (Å²) >= 11 is 0. The van der Waals surface area contributed by atoms with E-state index >= 15 is 0 Å². The van der Waals surface area contributed by atoms with Gasteiger partial charge in [0.15, 0.2) is 0 Å². The Morgan fingerprint density at radius 3 is 2.50 bits per heavy atom. The molecule has 28 heavy (non-hydrogen) atoms. The van der Waals surface area contributed by atoms with E-state index in [2.05, 4.69) is 20.6 Å². The van der Waals surface area contributed by atoms with Gasteiger partial charge in [-0.15, -0.1) is 0 Å². The molecule has 0 bridgehead atoms. The number of carbonyl (C=O) groups is 1. The van der Waals surface area contributed by atoms with Crippen LogP contribution in [0, 0.1) is 5.92 Å². The van der Waals surface area contributed by atoms with Gasteiger partial charge < -0.3 is 10.6 Å². The molecule has 8 nitrogen and oxygen atoms in total. The van der Waals surface area contributed by atoms with E-state index < -0.39 is 10.0 Å². The van der Waals surface area contributed by atoms with Gasteiger partial charge in [0.05, 0.1) is 23.0 Å². The number of sulfonamides is 1. The summed E-state index contributed by atoms with van der Waals surface area (Å²) in [7, 11) is -0.305. The SMILES string of the molecule is CN(C)S(=O)(=O)CCNC(=O)C1CCC(Nc2cnc3ccccc3n2)CC1. The molecule has 1 aromatic heterocycles. The highest BCUT2D eigenvalue weighted by Crippen LogP contribution is 2.26. The highest BCUT2D eigenvalue weighted by Gasteiger charge is 2.26. The summed E-state index contributed by atoms with van der Waals surface area (Å²) in [4.78, 5) is 21.3. The molecule has 1 aliphatic carbocycles. The molecule has 0 radical (unpaired) electrons. The number of fused-ring (bicyclic) bond motifs is 1. The summed E-state index contributed by atoms with van der Waals surface area (Å²) in [5.41, 5.74) is 1.72. The number of hydrogen-bond acceptors (Lipinski definition) is 6. The molecular formula is C19H27N5O3S. The molecule has 0 saturated heterocycles. The van der Waals surface area contributed by atoms with Crippen molar-refractivity contribution in [3.05, 3.63) is 30.5 Å². The van der Waals surface area contributed by atoms with E-state index in [0.29, 0.717) is 0 Å². The summed E-state index contributed by atoms with van der Waals surface area (Å²) in [5, 5.41) is 6.18. The van der Waals surface area contributed by atoms with E-state index in [4.69, 9.17) is 0 Å². The van der Waals surface area contributed by atoms with Crippen LogP contribution in [0.3, 0.4) is 0 Å². The van der Waals surface area contributed by atoms with Crippen molar-refractivity contribution in [2.75, 3.05) is 31.7 Å². The number of anilines is 1. The number of para-hydroxylation sites is 2. The molecule has 1 fully saturated rings. The maximum absolute atomic E-state index is 12.3. The first-order valence-corrected chi connectivity index (χ1v) is 11.1. The molecule has 1 heterocycles. The highest BCUT2D eigenvalue weighted by molar-refractivity contribution is 7.89. The van der Waals surface area contributed by atoms with E-state index in [9.17, 15) is 13.2 Å². The molecule has 0 spiro atoms. The third-order valence-corrected chi connectivity index (χ3v) is 6.95. The van der Waals surface area contributed by atoms with Crippen molar-refractivity contribution in [2.45, 2.75) is 31.7 Å². The molecule has 1 amide bonds. The first-order valence-electron chi connectivity index (χ1n) is 9.51. The van der Waals surface area contributed by atoms with Crippen molar-refractivity contribution in [1.29, 1.82) is 0 Å². The number of rotatable bonds is 7. The Hall–Kier alpha value is -2.26. The van der Waals surface area contributed by atoms with E-state index in [-0.39, 0.29) is 30.2 Å². The van der Waals surface area contributed by atoms with Crippen molar-refractivity contribution in [3.8, 4) is 0 Å². The molecule has 0 atom stereocenters. The molecule has 1 aromatic carbocycles. The molecule has 152 valence electrons. The zero-order chi connectivity index (χ0) is 20.1. The van der Waals surface area contributed by atoms with Crippen molar-refractivity contribution in [3.63, 3.8) is 0 Å². The summed E-state index contributed by atoms with van der Waals surface area (Å²) in [5.74, 6) is 0.546. The van der Waals surface area contributed by atoms with Gasteiger partial charge in [0.25, 0.3) is 0 Å². The smallest absolute Gasteiger partial charge is 0.223 e. The van der Waals surface area contributed by atoms with Gasteiger partial charge >= 0.3 is 0 Å². The van der Waals surface area contributed by atoms with Crippen molar-refractivity contribution in [1.82, 2.24) is 19.6 Å². The van der Waals surface area contributed by atoms with Crippen molar-refractivity contribution >= 4 is 32.8 Å². The number of nitrogens with one attached hydrogen (secondary N) is 2. The minimum atomic E-state index is -3.29. The molecule has 2 aromatic rings.